The van der Waals surface area contributed by atoms with Crippen molar-refractivity contribution in [1.82, 2.24) is 0 Å². The van der Waals surface area contributed by atoms with Gasteiger partial charge in [0.25, 0.3) is 5.69 Å². The van der Waals surface area contributed by atoms with Gasteiger partial charge >= 0.3 is 0 Å². The number of nitro groups is 1. The Labute approximate surface area is 118 Å². The highest BCUT2D eigenvalue weighted by molar-refractivity contribution is 7.07. The van der Waals surface area contributed by atoms with Crippen LogP contribution >= 0.6 is 22.9 Å². The van der Waals surface area contributed by atoms with Crippen LogP contribution in [0.25, 0.3) is 0 Å². The molecule has 0 radical (unpaired) electrons. The van der Waals surface area contributed by atoms with Gasteiger partial charge < -0.3 is 5.32 Å². The van der Waals surface area contributed by atoms with Crippen LogP contribution in [-0.4, -0.2) is 11.5 Å². The Morgan fingerprint density at radius 2 is 2.26 bits per heavy atom. The van der Waals surface area contributed by atoms with E-state index in [1.807, 2.05) is 16.8 Å². The van der Waals surface area contributed by atoms with E-state index in [2.05, 4.69) is 5.32 Å². The molecule has 0 aliphatic carbocycles. The maximum Gasteiger partial charge on any atom is 0.295 e. The molecule has 7 heteroatoms. The number of rotatable bonds is 5. The Balaban J connectivity index is 2.10. The number of halogens is 2. The average Bonchev–Trinajstić information content (AvgIpc) is 2.86. The molecule has 0 spiro atoms. The third-order valence-corrected chi connectivity index (χ3v) is 3.57. The van der Waals surface area contributed by atoms with E-state index in [1.165, 1.54) is 6.07 Å². The van der Waals surface area contributed by atoms with E-state index in [9.17, 15) is 14.5 Å². The Hall–Kier alpha value is -1.66. The standard InChI is InChI=1S/C12H10ClFN2O2S/c13-9-5-11(12(16(17)18)6-10(9)14)15-3-1-8-2-4-19-7-8/h2,4-7,15H,1,3H2. The van der Waals surface area contributed by atoms with Gasteiger partial charge in [0.15, 0.2) is 0 Å². The average molecular weight is 301 g/mol. The molecule has 4 nitrogen and oxygen atoms in total. The molecule has 0 atom stereocenters. The van der Waals surface area contributed by atoms with Gasteiger partial charge in [-0.1, -0.05) is 11.6 Å². The lowest BCUT2D eigenvalue weighted by Gasteiger charge is -2.07. The number of hydrogen-bond acceptors (Lipinski definition) is 4. The van der Waals surface area contributed by atoms with Crippen molar-refractivity contribution in [2.24, 2.45) is 0 Å². The lowest BCUT2D eigenvalue weighted by Crippen LogP contribution is -2.07. The van der Waals surface area contributed by atoms with Gasteiger partial charge in [-0.25, -0.2) is 4.39 Å². The number of anilines is 1. The highest BCUT2D eigenvalue weighted by Crippen LogP contribution is 2.30. The molecule has 100 valence electrons. The summed E-state index contributed by atoms with van der Waals surface area (Å²) >= 11 is 7.22. The van der Waals surface area contributed by atoms with Gasteiger partial charge in [0.1, 0.15) is 11.5 Å². The summed E-state index contributed by atoms with van der Waals surface area (Å²) in [5, 5.41) is 17.6. The van der Waals surface area contributed by atoms with Crippen LogP contribution < -0.4 is 5.32 Å². The summed E-state index contributed by atoms with van der Waals surface area (Å²) in [6.07, 6.45) is 0.732. The summed E-state index contributed by atoms with van der Waals surface area (Å²) in [7, 11) is 0. The normalized spacial score (nSPS) is 10.4. The van der Waals surface area contributed by atoms with Gasteiger partial charge in [-0.15, -0.1) is 0 Å². The van der Waals surface area contributed by atoms with Crippen LogP contribution in [0.1, 0.15) is 5.56 Å². The fourth-order valence-corrected chi connectivity index (χ4v) is 2.47. The first-order valence-electron chi connectivity index (χ1n) is 5.46. The molecule has 0 fully saturated rings. The summed E-state index contributed by atoms with van der Waals surface area (Å²) in [6, 6.07) is 4.05. The molecule has 0 aliphatic rings. The first-order chi connectivity index (χ1) is 9.08. The molecule has 0 unspecified atom stereocenters. The zero-order chi connectivity index (χ0) is 13.8. The molecule has 0 aliphatic heterocycles. The molecule has 1 aromatic heterocycles. The predicted octanol–water partition coefficient (Wildman–Crippen LogP) is 4.10. The summed E-state index contributed by atoms with van der Waals surface area (Å²) < 4.78 is 13.2. The van der Waals surface area contributed by atoms with Gasteiger partial charge in [0.05, 0.1) is 16.0 Å². The molecule has 2 aromatic rings. The third-order valence-electron chi connectivity index (χ3n) is 2.54. The van der Waals surface area contributed by atoms with E-state index in [1.54, 1.807) is 11.3 Å². The smallest absolute Gasteiger partial charge is 0.295 e. The molecule has 2 rings (SSSR count). The van der Waals surface area contributed by atoms with Crippen LogP contribution in [0, 0.1) is 15.9 Å². The van der Waals surface area contributed by atoms with Crippen molar-refractivity contribution in [1.29, 1.82) is 0 Å². The van der Waals surface area contributed by atoms with Gasteiger partial charge in [0, 0.05) is 6.54 Å². The van der Waals surface area contributed by atoms with Crippen molar-refractivity contribution in [3.8, 4) is 0 Å². The molecule has 1 aromatic carbocycles. The molecule has 0 amide bonds. The minimum absolute atomic E-state index is 0.136. The van der Waals surface area contributed by atoms with Crippen molar-refractivity contribution in [2.45, 2.75) is 6.42 Å². The second-order valence-corrected chi connectivity index (χ2v) is 5.04. The largest absolute Gasteiger partial charge is 0.379 e. The number of thiophene rings is 1. The second kappa shape index (κ2) is 5.99. The Kier molecular flexibility index (Phi) is 4.34. The van der Waals surface area contributed by atoms with Gasteiger partial charge in [-0.05, 0) is 34.9 Å². The SMILES string of the molecule is O=[N+]([O-])c1cc(F)c(Cl)cc1NCCc1ccsc1. The molecule has 0 saturated carbocycles. The number of hydrogen-bond donors (Lipinski definition) is 1. The van der Waals surface area contributed by atoms with E-state index in [0.29, 0.717) is 6.54 Å². The summed E-state index contributed by atoms with van der Waals surface area (Å²) in [4.78, 5) is 10.2. The lowest BCUT2D eigenvalue weighted by molar-refractivity contribution is -0.384. The van der Waals surface area contributed by atoms with E-state index in [4.69, 9.17) is 11.6 Å². The van der Waals surface area contributed by atoms with Gasteiger partial charge in [0.2, 0.25) is 0 Å². The fraction of sp³-hybridized carbons (Fsp3) is 0.167. The van der Waals surface area contributed by atoms with Crippen molar-refractivity contribution >= 4 is 34.3 Å². The summed E-state index contributed by atoms with van der Waals surface area (Å²) in [5.41, 5.74) is 1.06. The Morgan fingerprint density at radius 3 is 2.89 bits per heavy atom. The van der Waals surface area contributed by atoms with Crippen LogP contribution in [-0.2, 0) is 6.42 Å². The Bertz CT molecular complexity index is 590. The molecular weight excluding hydrogens is 291 g/mol. The summed E-state index contributed by atoms with van der Waals surface area (Å²) in [5.74, 6) is -0.795. The van der Waals surface area contributed by atoms with Crippen LogP contribution in [0.5, 0.6) is 0 Å². The molecule has 19 heavy (non-hydrogen) atoms. The van der Waals surface area contributed by atoms with E-state index >= 15 is 0 Å². The first kappa shape index (κ1) is 13.8. The maximum atomic E-state index is 13.2. The number of nitro benzene ring substituents is 1. The number of benzene rings is 1. The van der Waals surface area contributed by atoms with Crippen molar-refractivity contribution < 1.29 is 9.31 Å². The molecular formula is C12H10ClFN2O2S. The van der Waals surface area contributed by atoms with Gasteiger partial charge in [-0.3, -0.25) is 10.1 Å². The monoisotopic (exact) mass is 300 g/mol. The zero-order valence-electron chi connectivity index (χ0n) is 9.73. The lowest BCUT2D eigenvalue weighted by atomic mass is 10.2. The van der Waals surface area contributed by atoms with Gasteiger partial charge in [-0.2, -0.15) is 11.3 Å². The third kappa shape index (κ3) is 3.42. The van der Waals surface area contributed by atoms with E-state index in [0.717, 1.165) is 18.1 Å². The fourth-order valence-electron chi connectivity index (χ4n) is 1.61. The predicted molar refractivity (Wildman–Crippen MR) is 74.6 cm³/mol. The molecule has 1 heterocycles. The second-order valence-electron chi connectivity index (χ2n) is 3.85. The minimum Gasteiger partial charge on any atom is -0.379 e. The van der Waals surface area contributed by atoms with Crippen LogP contribution in [0.2, 0.25) is 5.02 Å². The zero-order valence-corrected chi connectivity index (χ0v) is 11.3. The quantitative estimate of drug-likeness (QED) is 0.668. The first-order valence-corrected chi connectivity index (χ1v) is 6.78. The van der Waals surface area contributed by atoms with Crippen LogP contribution in [0.3, 0.4) is 0 Å². The molecule has 0 saturated heterocycles. The highest BCUT2D eigenvalue weighted by atomic mass is 35.5. The molecule has 1 N–H and O–H groups in total. The van der Waals surface area contributed by atoms with Crippen molar-refractivity contribution in [3.05, 3.63) is 55.5 Å². The van der Waals surface area contributed by atoms with Crippen molar-refractivity contribution in [3.63, 3.8) is 0 Å². The van der Waals surface area contributed by atoms with E-state index < -0.39 is 10.7 Å². The van der Waals surface area contributed by atoms with Crippen LogP contribution in [0.15, 0.2) is 29.0 Å². The summed E-state index contributed by atoms with van der Waals surface area (Å²) in [6.45, 7) is 0.513. The highest BCUT2D eigenvalue weighted by Gasteiger charge is 2.17. The maximum absolute atomic E-state index is 13.2. The Morgan fingerprint density at radius 1 is 1.47 bits per heavy atom. The number of nitrogens with one attached hydrogen (secondary N) is 1. The molecule has 0 bridgehead atoms. The number of nitrogens with zero attached hydrogens (tertiary/aromatic N) is 1. The van der Waals surface area contributed by atoms with Crippen LogP contribution in [0.4, 0.5) is 15.8 Å². The topological polar surface area (TPSA) is 55.2 Å². The minimum atomic E-state index is -0.795. The van der Waals surface area contributed by atoms with E-state index in [-0.39, 0.29) is 16.4 Å². The van der Waals surface area contributed by atoms with Crippen molar-refractivity contribution in [2.75, 3.05) is 11.9 Å².